The molecular weight excluding hydrogens is 340 g/mol. The van der Waals surface area contributed by atoms with Gasteiger partial charge >= 0.3 is 11.9 Å². The number of esters is 2. The van der Waals surface area contributed by atoms with Gasteiger partial charge in [0.1, 0.15) is 5.75 Å². The second-order valence-electron chi connectivity index (χ2n) is 5.49. The van der Waals surface area contributed by atoms with Crippen LogP contribution in [0.3, 0.4) is 0 Å². The highest BCUT2D eigenvalue weighted by Crippen LogP contribution is 2.15. The summed E-state index contributed by atoms with van der Waals surface area (Å²) in [4.78, 5) is 24.1. The summed E-state index contributed by atoms with van der Waals surface area (Å²) in [6, 6.07) is 13.1. The molecule has 0 fully saturated rings. The monoisotopic (exact) mass is 356 g/mol. The lowest BCUT2D eigenvalue weighted by atomic mass is 10.1. The van der Waals surface area contributed by atoms with Gasteiger partial charge in [-0.3, -0.25) is 0 Å². The first-order valence-electron chi connectivity index (χ1n) is 8.05. The fourth-order valence-corrected chi connectivity index (χ4v) is 1.98. The van der Waals surface area contributed by atoms with E-state index in [9.17, 15) is 9.59 Å². The second-order valence-corrected chi connectivity index (χ2v) is 5.49. The van der Waals surface area contributed by atoms with E-state index < -0.39 is 18.0 Å². The van der Waals surface area contributed by atoms with Gasteiger partial charge in [0, 0.05) is 0 Å². The number of rotatable bonds is 4. The van der Waals surface area contributed by atoms with Crippen molar-refractivity contribution in [3.05, 3.63) is 65.2 Å². The van der Waals surface area contributed by atoms with Crippen molar-refractivity contribution < 1.29 is 19.1 Å². The first kappa shape index (κ1) is 19.4. The highest BCUT2D eigenvalue weighted by Gasteiger charge is 2.12. The lowest BCUT2D eigenvalue weighted by Crippen LogP contribution is -2.13. The highest BCUT2D eigenvalue weighted by atomic mass is 16.5. The van der Waals surface area contributed by atoms with E-state index in [-0.39, 0.29) is 0 Å². The summed E-state index contributed by atoms with van der Waals surface area (Å²) in [7, 11) is 0. The molecule has 0 aliphatic rings. The molecule has 0 heterocycles. The maximum atomic E-state index is 12.1. The number of benzene rings is 2. The molecule has 0 aliphatic heterocycles. The largest absolute Gasteiger partial charge is 0.446 e. The third kappa shape index (κ3) is 6.13. The van der Waals surface area contributed by atoms with Gasteiger partial charge < -0.3 is 9.47 Å². The molecule has 0 bridgehead atoms. The molecule has 0 amide bonds. The van der Waals surface area contributed by atoms with Gasteiger partial charge in [-0.15, -0.1) is 6.42 Å². The Morgan fingerprint density at radius 3 is 2.11 bits per heavy atom. The van der Waals surface area contributed by atoms with Crippen LogP contribution in [-0.2, 0) is 4.74 Å². The van der Waals surface area contributed by atoms with Crippen molar-refractivity contribution >= 4 is 11.9 Å². The summed E-state index contributed by atoms with van der Waals surface area (Å²) >= 11 is 0. The van der Waals surface area contributed by atoms with Gasteiger partial charge in [0.2, 0.25) is 0 Å². The van der Waals surface area contributed by atoms with Gasteiger partial charge in [0.25, 0.3) is 0 Å². The lowest BCUT2D eigenvalue weighted by Gasteiger charge is -2.08. The van der Waals surface area contributed by atoms with Crippen molar-refractivity contribution in [2.45, 2.75) is 20.0 Å². The van der Waals surface area contributed by atoms with E-state index in [1.807, 2.05) is 19.1 Å². The average molecular weight is 356 g/mol. The van der Waals surface area contributed by atoms with Crippen LogP contribution in [0.4, 0.5) is 0 Å². The molecule has 0 saturated carbocycles. The Hall–Kier alpha value is -3.94. The Morgan fingerprint density at radius 2 is 1.48 bits per heavy atom. The molecule has 2 aromatic rings. The molecular formula is C23H16O4. The fourth-order valence-electron chi connectivity index (χ4n) is 1.98. The number of ether oxygens (including phenoxy) is 2. The number of aryl methyl sites for hydroxylation is 1. The summed E-state index contributed by atoms with van der Waals surface area (Å²) in [6.07, 6.45) is 4.34. The van der Waals surface area contributed by atoms with Crippen molar-refractivity contribution in [3.63, 3.8) is 0 Å². The SMILES string of the molecule is C#CC#CC#CC(C)OC(=O)c1ccc(OC(=O)c2ccc(C)cc2)cc1. The highest BCUT2D eigenvalue weighted by molar-refractivity contribution is 5.92. The van der Waals surface area contributed by atoms with Crippen LogP contribution >= 0.6 is 0 Å². The summed E-state index contributed by atoms with van der Waals surface area (Å²) in [5.74, 6) is 11.4. The van der Waals surface area contributed by atoms with E-state index in [0.717, 1.165) is 5.56 Å². The zero-order chi connectivity index (χ0) is 19.6. The number of carbonyl (C=O) groups excluding carboxylic acids is 2. The standard InChI is InChI=1S/C23H16O4/c1-4-5-6-7-8-18(3)26-22(24)20-13-15-21(16-14-20)27-23(25)19-11-9-17(2)10-12-19/h1,9-16,18H,2-3H3. The van der Waals surface area contributed by atoms with Crippen LogP contribution in [0, 0.1) is 42.9 Å². The minimum Gasteiger partial charge on any atom is -0.446 e. The number of hydrogen-bond acceptors (Lipinski definition) is 4. The lowest BCUT2D eigenvalue weighted by molar-refractivity contribution is 0.0438. The predicted molar refractivity (Wildman–Crippen MR) is 102 cm³/mol. The van der Waals surface area contributed by atoms with E-state index in [4.69, 9.17) is 15.9 Å². The van der Waals surface area contributed by atoms with E-state index in [1.165, 1.54) is 24.3 Å². The third-order valence-electron chi connectivity index (χ3n) is 3.34. The topological polar surface area (TPSA) is 52.6 Å². The van der Waals surface area contributed by atoms with Crippen LogP contribution in [0.5, 0.6) is 5.75 Å². The maximum absolute atomic E-state index is 12.1. The Bertz CT molecular complexity index is 985. The zero-order valence-electron chi connectivity index (χ0n) is 14.9. The molecule has 1 atom stereocenters. The predicted octanol–water partition coefficient (Wildman–Crippen LogP) is 3.40. The van der Waals surface area contributed by atoms with Crippen molar-refractivity contribution in [2.24, 2.45) is 0 Å². The molecule has 132 valence electrons. The minimum absolute atomic E-state index is 0.313. The summed E-state index contributed by atoms with van der Waals surface area (Å²) in [6.45, 7) is 3.56. The second kappa shape index (κ2) is 9.52. The van der Waals surface area contributed by atoms with Crippen LogP contribution in [0.15, 0.2) is 48.5 Å². The molecule has 4 heteroatoms. The maximum Gasteiger partial charge on any atom is 0.343 e. The molecule has 27 heavy (non-hydrogen) atoms. The summed E-state index contributed by atoms with van der Waals surface area (Å²) < 4.78 is 10.5. The molecule has 4 nitrogen and oxygen atoms in total. The van der Waals surface area contributed by atoms with Crippen LogP contribution < -0.4 is 4.74 Å². The normalized spacial score (nSPS) is 10.1. The van der Waals surface area contributed by atoms with E-state index in [0.29, 0.717) is 16.9 Å². The Balaban J connectivity index is 1.96. The Labute approximate surface area is 158 Å². The molecule has 0 N–H and O–H groups in total. The Morgan fingerprint density at radius 1 is 0.889 bits per heavy atom. The van der Waals surface area contributed by atoms with Crippen molar-refractivity contribution in [3.8, 4) is 41.8 Å². The van der Waals surface area contributed by atoms with E-state index in [2.05, 4.69) is 29.6 Å². The van der Waals surface area contributed by atoms with Crippen molar-refractivity contribution in [1.82, 2.24) is 0 Å². The summed E-state index contributed by atoms with van der Waals surface area (Å²) in [5, 5.41) is 0. The van der Waals surface area contributed by atoms with Gasteiger partial charge in [0.05, 0.1) is 11.1 Å². The molecule has 0 aliphatic carbocycles. The van der Waals surface area contributed by atoms with Crippen LogP contribution in [0.25, 0.3) is 0 Å². The van der Waals surface area contributed by atoms with Crippen LogP contribution in [-0.4, -0.2) is 18.0 Å². The molecule has 0 radical (unpaired) electrons. The van der Waals surface area contributed by atoms with Gasteiger partial charge in [-0.25, -0.2) is 9.59 Å². The van der Waals surface area contributed by atoms with Crippen molar-refractivity contribution in [2.75, 3.05) is 0 Å². The number of terminal acetylenes is 1. The van der Waals surface area contributed by atoms with E-state index >= 15 is 0 Å². The number of carbonyl (C=O) groups is 2. The van der Waals surface area contributed by atoms with Crippen LogP contribution in [0.2, 0.25) is 0 Å². The van der Waals surface area contributed by atoms with E-state index in [1.54, 1.807) is 19.1 Å². The first-order chi connectivity index (χ1) is 13.0. The van der Waals surface area contributed by atoms with Gasteiger partial charge in [-0.2, -0.15) is 0 Å². The molecule has 2 aromatic carbocycles. The number of hydrogen-bond donors (Lipinski definition) is 0. The molecule has 0 spiro atoms. The molecule has 2 rings (SSSR count). The van der Waals surface area contributed by atoms with Gasteiger partial charge in [-0.05, 0) is 79.8 Å². The zero-order valence-corrected chi connectivity index (χ0v) is 14.9. The third-order valence-corrected chi connectivity index (χ3v) is 3.34. The van der Waals surface area contributed by atoms with Crippen molar-refractivity contribution in [1.29, 1.82) is 0 Å². The van der Waals surface area contributed by atoms with Crippen LogP contribution in [0.1, 0.15) is 33.2 Å². The van der Waals surface area contributed by atoms with Gasteiger partial charge in [0.15, 0.2) is 6.10 Å². The molecule has 0 saturated heterocycles. The summed E-state index contributed by atoms with van der Waals surface area (Å²) in [5.41, 5.74) is 1.81. The van der Waals surface area contributed by atoms with Gasteiger partial charge in [-0.1, -0.05) is 17.7 Å². The fraction of sp³-hybridized carbons (Fsp3) is 0.130. The quantitative estimate of drug-likeness (QED) is 0.479. The Kier molecular flexibility index (Phi) is 6.83. The first-order valence-corrected chi connectivity index (χ1v) is 8.05. The average Bonchev–Trinajstić information content (AvgIpc) is 2.66. The molecule has 1 unspecified atom stereocenters. The smallest absolute Gasteiger partial charge is 0.343 e. The minimum atomic E-state index is -0.636. The molecule has 0 aromatic heterocycles.